The zero-order valence-electron chi connectivity index (χ0n) is 10.0. The molecule has 1 saturated heterocycles. The smallest absolute Gasteiger partial charge is 0.322 e. The van der Waals surface area contributed by atoms with E-state index < -0.39 is 22.0 Å². The van der Waals surface area contributed by atoms with Gasteiger partial charge in [0.1, 0.15) is 6.04 Å². The second-order valence-electron chi connectivity index (χ2n) is 4.18. The van der Waals surface area contributed by atoms with E-state index in [0.29, 0.717) is 18.5 Å². The summed E-state index contributed by atoms with van der Waals surface area (Å²) in [5.41, 5.74) is 5.96. The van der Waals surface area contributed by atoms with Crippen molar-refractivity contribution in [2.45, 2.75) is 23.8 Å². The zero-order valence-corrected chi connectivity index (χ0v) is 11.7. The predicted octanol–water partition coefficient (Wildman–Crippen LogP) is 0.928. The number of anilines is 1. The molecule has 1 heterocycles. The first-order chi connectivity index (χ1) is 8.43. The molecule has 0 spiro atoms. The van der Waals surface area contributed by atoms with Crippen LogP contribution in [0.4, 0.5) is 5.69 Å². The first-order valence-corrected chi connectivity index (χ1v) is 6.97. The number of nitrogens with two attached hydrogens (primary N) is 1. The molecule has 0 aromatic heterocycles. The number of nitrogen functional groups attached to an aromatic ring is 1. The summed E-state index contributed by atoms with van der Waals surface area (Å²) in [6.07, 6.45) is 0.911. The Labute approximate surface area is 117 Å². The first kappa shape index (κ1) is 15.7. The summed E-state index contributed by atoms with van der Waals surface area (Å²) in [4.78, 5) is 11.1. The normalized spacial score (nSPS) is 19.9. The molecule has 8 heteroatoms. The van der Waals surface area contributed by atoms with Gasteiger partial charge in [-0.3, -0.25) is 4.79 Å². The molecule has 1 atom stereocenters. The van der Waals surface area contributed by atoms with Gasteiger partial charge in [0, 0.05) is 12.2 Å². The number of aliphatic carboxylic acids is 1. The summed E-state index contributed by atoms with van der Waals surface area (Å²) < 4.78 is 25.6. The maximum Gasteiger partial charge on any atom is 0.322 e. The number of rotatable bonds is 3. The molecule has 0 amide bonds. The second kappa shape index (κ2) is 5.77. The molecule has 1 aromatic rings. The molecule has 0 aliphatic carbocycles. The van der Waals surface area contributed by atoms with E-state index in [1.807, 2.05) is 0 Å². The van der Waals surface area contributed by atoms with Crippen molar-refractivity contribution in [1.29, 1.82) is 0 Å². The number of hydrogen-bond acceptors (Lipinski definition) is 4. The molecule has 0 radical (unpaired) electrons. The van der Waals surface area contributed by atoms with Crippen LogP contribution in [-0.2, 0) is 14.8 Å². The van der Waals surface area contributed by atoms with Crippen LogP contribution in [0.1, 0.15) is 12.8 Å². The van der Waals surface area contributed by atoms with Crippen molar-refractivity contribution in [3.05, 3.63) is 24.3 Å². The highest BCUT2D eigenvalue weighted by Gasteiger charge is 2.39. The fourth-order valence-electron chi connectivity index (χ4n) is 2.05. The highest BCUT2D eigenvalue weighted by Crippen LogP contribution is 2.26. The maximum absolute atomic E-state index is 12.3. The van der Waals surface area contributed by atoms with Gasteiger partial charge in [-0.25, -0.2) is 8.42 Å². The Morgan fingerprint density at radius 3 is 2.42 bits per heavy atom. The molecule has 2 rings (SSSR count). The van der Waals surface area contributed by atoms with Crippen molar-refractivity contribution in [2.24, 2.45) is 0 Å². The van der Waals surface area contributed by atoms with Crippen LogP contribution < -0.4 is 5.73 Å². The SMILES string of the molecule is Cl.Nc1ccc(S(=O)(=O)N2CCCC2C(=O)O)cc1. The van der Waals surface area contributed by atoms with E-state index in [1.165, 1.54) is 24.3 Å². The largest absolute Gasteiger partial charge is 0.480 e. The van der Waals surface area contributed by atoms with E-state index in [9.17, 15) is 13.2 Å². The fraction of sp³-hybridized carbons (Fsp3) is 0.364. The quantitative estimate of drug-likeness (QED) is 0.809. The van der Waals surface area contributed by atoms with Gasteiger partial charge in [0.15, 0.2) is 0 Å². The van der Waals surface area contributed by atoms with Crippen LogP contribution in [0.3, 0.4) is 0 Å². The van der Waals surface area contributed by atoms with Gasteiger partial charge < -0.3 is 10.8 Å². The van der Waals surface area contributed by atoms with Gasteiger partial charge in [0.25, 0.3) is 0 Å². The maximum atomic E-state index is 12.3. The lowest BCUT2D eigenvalue weighted by Gasteiger charge is -2.20. The van der Waals surface area contributed by atoms with E-state index in [0.717, 1.165) is 4.31 Å². The van der Waals surface area contributed by atoms with Gasteiger partial charge in [-0.05, 0) is 37.1 Å². The highest BCUT2D eigenvalue weighted by atomic mass is 35.5. The average molecular weight is 307 g/mol. The Kier molecular flexibility index (Phi) is 4.78. The van der Waals surface area contributed by atoms with Crippen LogP contribution in [-0.4, -0.2) is 36.4 Å². The molecule has 1 fully saturated rings. The molecule has 106 valence electrons. The molecule has 3 N–H and O–H groups in total. The molecule has 1 aromatic carbocycles. The third kappa shape index (κ3) is 2.99. The molecular weight excluding hydrogens is 292 g/mol. The molecular formula is C11H15ClN2O4S. The first-order valence-electron chi connectivity index (χ1n) is 5.53. The number of hydrogen-bond donors (Lipinski definition) is 2. The van der Waals surface area contributed by atoms with E-state index in [1.54, 1.807) is 0 Å². The summed E-state index contributed by atoms with van der Waals surface area (Å²) in [6.45, 7) is 0.240. The minimum Gasteiger partial charge on any atom is -0.480 e. The Morgan fingerprint density at radius 1 is 1.32 bits per heavy atom. The number of carboxylic acids is 1. The van der Waals surface area contributed by atoms with Crippen LogP contribution in [0.25, 0.3) is 0 Å². The van der Waals surface area contributed by atoms with Gasteiger partial charge in [-0.2, -0.15) is 4.31 Å². The number of halogens is 1. The van der Waals surface area contributed by atoms with Crippen LogP contribution in [0.15, 0.2) is 29.2 Å². The van der Waals surface area contributed by atoms with Crippen molar-refractivity contribution in [3.63, 3.8) is 0 Å². The van der Waals surface area contributed by atoms with Crippen molar-refractivity contribution >= 4 is 34.1 Å². The third-order valence-corrected chi connectivity index (χ3v) is 4.90. The standard InChI is InChI=1S/C11H14N2O4S.ClH/c12-8-3-5-9(6-4-8)18(16,17)13-7-1-2-10(13)11(14)15;/h3-6,10H,1-2,7,12H2,(H,14,15);1H. The summed E-state index contributed by atoms with van der Waals surface area (Å²) >= 11 is 0. The predicted molar refractivity (Wildman–Crippen MR) is 72.7 cm³/mol. The lowest BCUT2D eigenvalue weighted by Crippen LogP contribution is -2.40. The molecule has 0 saturated carbocycles. The van der Waals surface area contributed by atoms with Crippen molar-refractivity contribution in [3.8, 4) is 0 Å². The molecule has 6 nitrogen and oxygen atoms in total. The third-order valence-electron chi connectivity index (χ3n) is 2.98. The van der Waals surface area contributed by atoms with E-state index >= 15 is 0 Å². The van der Waals surface area contributed by atoms with E-state index in [4.69, 9.17) is 10.8 Å². The van der Waals surface area contributed by atoms with Gasteiger partial charge >= 0.3 is 5.97 Å². The summed E-state index contributed by atoms with van der Waals surface area (Å²) in [7, 11) is -3.75. The lowest BCUT2D eigenvalue weighted by atomic mass is 10.2. The fourth-order valence-corrected chi connectivity index (χ4v) is 3.70. The number of carboxylic acid groups (broad SMARTS) is 1. The number of sulfonamides is 1. The zero-order chi connectivity index (χ0) is 13.3. The second-order valence-corrected chi connectivity index (χ2v) is 6.07. The van der Waals surface area contributed by atoms with Crippen LogP contribution in [0.5, 0.6) is 0 Å². The van der Waals surface area contributed by atoms with Gasteiger partial charge in [0.05, 0.1) is 4.90 Å². The molecule has 19 heavy (non-hydrogen) atoms. The van der Waals surface area contributed by atoms with Crippen LogP contribution >= 0.6 is 12.4 Å². The monoisotopic (exact) mass is 306 g/mol. The van der Waals surface area contributed by atoms with Gasteiger partial charge in [-0.15, -0.1) is 12.4 Å². The van der Waals surface area contributed by atoms with E-state index in [2.05, 4.69) is 0 Å². The lowest BCUT2D eigenvalue weighted by molar-refractivity contribution is -0.140. The molecule has 1 aliphatic rings. The Balaban J connectivity index is 0.00000180. The Morgan fingerprint density at radius 2 is 1.89 bits per heavy atom. The van der Waals surface area contributed by atoms with Crippen molar-refractivity contribution in [2.75, 3.05) is 12.3 Å². The minimum absolute atomic E-state index is 0. The minimum atomic E-state index is -3.75. The summed E-state index contributed by atoms with van der Waals surface area (Å²) in [6, 6.07) is 4.79. The summed E-state index contributed by atoms with van der Waals surface area (Å²) in [5, 5.41) is 9.01. The Bertz CT molecular complexity index is 559. The molecule has 1 unspecified atom stereocenters. The number of nitrogens with zero attached hydrogens (tertiary/aromatic N) is 1. The molecule has 1 aliphatic heterocycles. The summed E-state index contributed by atoms with van der Waals surface area (Å²) in [5.74, 6) is -1.11. The van der Waals surface area contributed by atoms with Crippen LogP contribution in [0.2, 0.25) is 0 Å². The Hall–Kier alpha value is -1.31. The van der Waals surface area contributed by atoms with Crippen molar-refractivity contribution < 1.29 is 18.3 Å². The topological polar surface area (TPSA) is 101 Å². The average Bonchev–Trinajstić information content (AvgIpc) is 2.79. The van der Waals surface area contributed by atoms with Crippen molar-refractivity contribution in [1.82, 2.24) is 4.31 Å². The van der Waals surface area contributed by atoms with Gasteiger partial charge in [0.2, 0.25) is 10.0 Å². The highest BCUT2D eigenvalue weighted by molar-refractivity contribution is 7.89. The number of carbonyl (C=O) groups is 1. The molecule has 0 bridgehead atoms. The van der Waals surface area contributed by atoms with Crippen LogP contribution in [0, 0.1) is 0 Å². The van der Waals surface area contributed by atoms with Gasteiger partial charge in [-0.1, -0.05) is 0 Å². The number of benzene rings is 1. The van der Waals surface area contributed by atoms with E-state index in [-0.39, 0.29) is 23.8 Å².